The van der Waals surface area contributed by atoms with E-state index in [4.69, 9.17) is 0 Å². The lowest BCUT2D eigenvalue weighted by atomic mass is 10.2. The number of hydrogen-bond acceptors (Lipinski definition) is 1. The van der Waals surface area contributed by atoms with Crippen LogP contribution in [0, 0.1) is 11.6 Å². The summed E-state index contributed by atoms with van der Waals surface area (Å²) in [5.74, 6) is -1.16. The Hall–Kier alpha value is -1.42. The molecule has 0 amide bonds. The highest BCUT2D eigenvalue weighted by Gasteiger charge is 2.04. The van der Waals surface area contributed by atoms with Gasteiger partial charge >= 0.3 is 0 Å². The van der Waals surface area contributed by atoms with Gasteiger partial charge in [0.2, 0.25) is 0 Å². The van der Waals surface area contributed by atoms with Crippen molar-refractivity contribution in [3.05, 3.63) is 64.1 Å². The third kappa shape index (κ3) is 3.03. The van der Waals surface area contributed by atoms with E-state index in [0.29, 0.717) is 12.2 Å². The molecule has 0 aliphatic rings. The maximum absolute atomic E-state index is 13.3. The van der Waals surface area contributed by atoms with Gasteiger partial charge in [0.15, 0.2) is 0 Å². The number of benzene rings is 2. The maximum atomic E-state index is 13.3. The molecule has 0 bridgehead atoms. The van der Waals surface area contributed by atoms with Crippen LogP contribution in [-0.2, 0) is 6.54 Å². The standard InChI is InChI=1S/C13H10BrF2N/c14-11-4-2-1-3-9(11)8-17-13-6-5-10(15)7-12(13)16/h1-7,17H,8H2. The van der Waals surface area contributed by atoms with Gasteiger partial charge in [-0.15, -0.1) is 0 Å². The van der Waals surface area contributed by atoms with Crippen LogP contribution in [0.5, 0.6) is 0 Å². The topological polar surface area (TPSA) is 12.0 Å². The van der Waals surface area contributed by atoms with Crippen LogP contribution in [0.3, 0.4) is 0 Å². The van der Waals surface area contributed by atoms with Gasteiger partial charge in [-0.1, -0.05) is 34.1 Å². The fourth-order valence-corrected chi connectivity index (χ4v) is 1.89. The van der Waals surface area contributed by atoms with E-state index in [0.717, 1.165) is 16.1 Å². The molecule has 0 unspecified atom stereocenters. The van der Waals surface area contributed by atoms with Crippen molar-refractivity contribution in [2.45, 2.75) is 6.54 Å². The molecule has 17 heavy (non-hydrogen) atoms. The van der Waals surface area contributed by atoms with Crippen molar-refractivity contribution < 1.29 is 8.78 Å². The zero-order valence-electron chi connectivity index (χ0n) is 8.88. The quantitative estimate of drug-likeness (QED) is 0.889. The summed E-state index contributed by atoms with van der Waals surface area (Å²) in [6.45, 7) is 0.476. The summed E-state index contributed by atoms with van der Waals surface area (Å²) >= 11 is 3.41. The number of halogens is 3. The summed E-state index contributed by atoms with van der Waals surface area (Å²) < 4.78 is 27.0. The molecule has 1 N–H and O–H groups in total. The van der Waals surface area contributed by atoms with E-state index in [1.807, 2.05) is 24.3 Å². The van der Waals surface area contributed by atoms with E-state index in [9.17, 15) is 8.78 Å². The van der Waals surface area contributed by atoms with E-state index in [-0.39, 0.29) is 0 Å². The predicted octanol–water partition coefficient (Wildman–Crippen LogP) is 4.34. The van der Waals surface area contributed by atoms with Gasteiger partial charge in [-0.25, -0.2) is 8.78 Å². The number of anilines is 1. The molecule has 0 heterocycles. The summed E-state index contributed by atoms with van der Waals surface area (Å²) in [7, 11) is 0. The molecule has 2 rings (SSSR count). The minimum atomic E-state index is -0.586. The van der Waals surface area contributed by atoms with Crippen molar-refractivity contribution in [3.63, 3.8) is 0 Å². The molecule has 0 saturated heterocycles. The van der Waals surface area contributed by atoms with Crippen molar-refractivity contribution in [2.75, 3.05) is 5.32 Å². The van der Waals surface area contributed by atoms with Crippen LogP contribution in [-0.4, -0.2) is 0 Å². The monoisotopic (exact) mass is 297 g/mol. The summed E-state index contributed by atoms with van der Waals surface area (Å²) in [6, 6.07) is 11.1. The normalized spacial score (nSPS) is 10.3. The lowest BCUT2D eigenvalue weighted by Crippen LogP contribution is -2.02. The molecule has 0 saturated carbocycles. The minimum absolute atomic E-state index is 0.294. The molecule has 88 valence electrons. The van der Waals surface area contributed by atoms with E-state index in [2.05, 4.69) is 21.2 Å². The second-order valence-corrected chi connectivity index (χ2v) is 4.42. The van der Waals surface area contributed by atoms with Crippen LogP contribution >= 0.6 is 15.9 Å². The van der Waals surface area contributed by atoms with Gasteiger partial charge in [0.1, 0.15) is 11.6 Å². The Kier molecular flexibility index (Phi) is 3.74. The van der Waals surface area contributed by atoms with E-state index >= 15 is 0 Å². The lowest BCUT2D eigenvalue weighted by molar-refractivity contribution is 0.585. The third-order valence-electron chi connectivity index (χ3n) is 2.36. The van der Waals surface area contributed by atoms with E-state index in [1.165, 1.54) is 12.1 Å². The van der Waals surface area contributed by atoms with Crippen molar-refractivity contribution in [1.82, 2.24) is 0 Å². The van der Waals surface area contributed by atoms with Crippen LogP contribution in [0.25, 0.3) is 0 Å². The molecule has 0 aliphatic heterocycles. The summed E-state index contributed by atoms with van der Waals surface area (Å²) in [5.41, 5.74) is 1.30. The van der Waals surface area contributed by atoms with Gasteiger partial charge in [0, 0.05) is 17.1 Å². The van der Waals surface area contributed by atoms with Crippen LogP contribution < -0.4 is 5.32 Å². The SMILES string of the molecule is Fc1ccc(NCc2ccccc2Br)c(F)c1. The van der Waals surface area contributed by atoms with Gasteiger partial charge in [-0.3, -0.25) is 0 Å². The Balaban J connectivity index is 2.10. The zero-order chi connectivity index (χ0) is 12.3. The third-order valence-corrected chi connectivity index (χ3v) is 3.13. The summed E-state index contributed by atoms with van der Waals surface area (Å²) in [6.07, 6.45) is 0. The first-order valence-electron chi connectivity index (χ1n) is 5.09. The minimum Gasteiger partial charge on any atom is -0.379 e. The van der Waals surface area contributed by atoms with Crippen LogP contribution in [0.4, 0.5) is 14.5 Å². The van der Waals surface area contributed by atoms with Crippen LogP contribution in [0.2, 0.25) is 0 Å². The zero-order valence-corrected chi connectivity index (χ0v) is 10.5. The molecule has 0 radical (unpaired) electrons. The number of hydrogen-bond donors (Lipinski definition) is 1. The first-order valence-corrected chi connectivity index (χ1v) is 5.88. The smallest absolute Gasteiger partial charge is 0.149 e. The predicted molar refractivity (Wildman–Crippen MR) is 67.8 cm³/mol. The average molecular weight is 298 g/mol. The molecule has 1 nitrogen and oxygen atoms in total. The van der Waals surface area contributed by atoms with Gasteiger partial charge in [0.05, 0.1) is 5.69 Å². The highest BCUT2D eigenvalue weighted by molar-refractivity contribution is 9.10. The summed E-state index contributed by atoms with van der Waals surface area (Å²) in [5, 5.41) is 2.93. The molecule has 0 aromatic heterocycles. The molecular weight excluding hydrogens is 288 g/mol. The van der Waals surface area contributed by atoms with Gasteiger partial charge in [0.25, 0.3) is 0 Å². The van der Waals surface area contributed by atoms with E-state index in [1.54, 1.807) is 0 Å². The number of nitrogens with one attached hydrogen (secondary N) is 1. The molecule has 2 aromatic carbocycles. The number of rotatable bonds is 3. The lowest BCUT2D eigenvalue weighted by Gasteiger charge is -2.09. The Morgan fingerprint density at radius 2 is 1.82 bits per heavy atom. The highest BCUT2D eigenvalue weighted by atomic mass is 79.9. The van der Waals surface area contributed by atoms with Gasteiger partial charge < -0.3 is 5.32 Å². The van der Waals surface area contributed by atoms with Crippen molar-refractivity contribution in [1.29, 1.82) is 0 Å². The van der Waals surface area contributed by atoms with Crippen LogP contribution in [0.1, 0.15) is 5.56 Å². The fraction of sp³-hybridized carbons (Fsp3) is 0.0769. The molecule has 2 aromatic rings. The second-order valence-electron chi connectivity index (χ2n) is 3.57. The molecule has 4 heteroatoms. The highest BCUT2D eigenvalue weighted by Crippen LogP contribution is 2.19. The maximum Gasteiger partial charge on any atom is 0.149 e. The summed E-state index contributed by atoms with van der Waals surface area (Å²) in [4.78, 5) is 0. The van der Waals surface area contributed by atoms with Gasteiger partial charge in [-0.2, -0.15) is 0 Å². The average Bonchev–Trinajstić information content (AvgIpc) is 2.30. The van der Waals surface area contributed by atoms with Crippen molar-refractivity contribution >= 4 is 21.6 Å². The van der Waals surface area contributed by atoms with Crippen molar-refractivity contribution in [3.8, 4) is 0 Å². The first-order chi connectivity index (χ1) is 8.16. The first kappa shape index (κ1) is 12.0. The van der Waals surface area contributed by atoms with Crippen LogP contribution in [0.15, 0.2) is 46.9 Å². The molecule has 0 atom stereocenters. The Morgan fingerprint density at radius 1 is 1.06 bits per heavy atom. The Labute approximate surface area is 107 Å². The molecule has 0 aliphatic carbocycles. The van der Waals surface area contributed by atoms with E-state index < -0.39 is 11.6 Å². The van der Waals surface area contributed by atoms with Crippen molar-refractivity contribution in [2.24, 2.45) is 0 Å². The largest absolute Gasteiger partial charge is 0.379 e. The molecule has 0 spiro atoms. The van der Waals surface area contributed by atoms with Gasteiger partial charge in [-0.05, 0) is 23.8 Å². The Bertz CT molecular complexity index is 529. The molecular formula is C13H10BrF2N. The second kappa shape index (κ2) is 5.27. The Morgan fingerprint density at radius 3 is 2.53 bits per heavy atom. The molecule has 0 fully saturated rings. The fourth-order valence-electron chi connectivity index (χ4n) is 1.47.